The first-order valence-electron chi connectivity index (χ1n) is 28.1. The largest absolute Gasteiger partial charge is 0.495 e. The summed E-state index contributed by atoms with van der Waals surface area (Å²) in [5, 5.41) is 19.9. The number of alkyl carbamates (subject to hydrolysis) is 1. The Labute approximate surface area is 510 Å². The van der Waals surface area contributed by atoms with Gasteiger partial charge in [-0.1, -0.05) is 73.2 Å². The lowest BCUT2D eigenvalue weighted by molar-refractivity contribution is -0.162. The number of thioether (sulfide) groups is 1. The summed E-state index contributed by atoms with van der Waals surface area (Å²) in [6, 6.07) is 7.20. The summed E-state index contributed by atoms with van der Waals surface area (Å²) >= 11 is 7.70. The third kappa shape index (κ3) is 18.3. The molecule has 0 saturated carbocycles. The van der Waals surface area contributed by atoms with E-state index >= 15 is 0 Å². The van der Waals surface area contributed by atoms with E-state index in [0.717, 1.165) is 22.9 Å². The number of aliphatic hydroxyl groups is 1. The smallest absolute Gasteiger partial charge is 0.412 e. The molecule has 0 radical (unpaired) electrons. The summed E-state index contributed by atoms with van der Waals surface area (Å²) in [6.07, 6.45) is 1.66. The summed E-state index contributed by atoms with van der Waals surface area (Å²) in [4.78, 5) is 112. The number of esters is 1. The van der Waals surface area contributed by atoms with E-state index < -0.39 is 96.3 Å². The number of fused-ring (bicyclic) bond motifs is 5. The predicted molar refractivity (Wildman–Crippen MR) is 319 cm³/mol. The van der Waals surface area contributed by atoms with Gasteiger partial charge in [-0.05, 0) is 68.7 Å². The summed E-state index contributed by atoms with van der Waals surface area (Å²) in [6.45, 7) is 9.02. The molecule has 4 aliphatic heterocycles. The minimum atomic E-state index is -1.90. The van der Waals surface area contributed by atoms with Crippen molar-refractivity contribution in [3.63, 3.8) is 0 Å². The van der Waals surface area contributed by atoms with Crippen molar-refractivity contribution in [1.29, 1.82) is 0 Å². The average molecular weight is 1240 g/mol. The lowest BCUT2D eigenvalue weighted by Gasteiger charge is -2.42. The quantitative estimate of drug-likeness (QED) is 0.0485. The van der Waals surface area contributed by atoms with Gasteiger partial charge in [0.05, 0.1) is 56.5 Å². The number of carbonyl (C=O) groups excluding carboxylic acids is 8. The first-order chi connectivity index (χ1) is 40.8. The van der Waals surface area contributed by atoms with Gasteiger partial charge in [-0.15, -0.1) is 0 Å². The summed E-state index contributed by atoms with van der Waals surface area (Å²) in [7, 11) is 8.88. The van der Waals surface area contributed by atoms with Gasteiger partial charge >= 0.3 is 24.2 Å². The monoisotopic (exact) mass is 1240 g/mol. The molecule has 9 atom stereocenters. The first-order valence-corrected chi connectivity index (χ1v) is 29.5. The number of hydrogen-bond donors (Lipinski definition) is 4. The molecule has 6 amide bonds. The van der Waals surface area contributed by atoms with E-state index in [4.69, 9.17) is 54.2 Å². The van der Waals surface area contributed by atoms with Gasteiger partial charge in [0.15, 0.2) is 11.5 Å². The van der Waals surface area contributed by atoms with Crippen LogP contribution in [0, 0.1) is 5.92 Å². The zero-order valence-corrected chi connectivity index (χ0v) is 52.0. The van der Waals surface area contributed by atoms with E-state index in [1.165, 1.54) is 61.9 Å². The van der Waals surface area contributed by atoms with Crippen molar-refractivity contribution < 1.29 is 86.1 Å². The number of anilines is 3. The molecule has 0 aromatic heterocycles. The maximum Gasteiger partial charge on any atom is 0.412 e. The van der Waals surface area contributed by atoms with Crippen LogP contribution in [0.4, 0.5) is 36.2 Å². The molecule has 25 nitrogen and oxygen atoms in total. The molecule has 27 heteroatoms. The summed E-state index contributed by atoms with van der Waals surface area (Å²) < 4.78 is 51.0. The molecule has 2 aromatic carbocycles. The lowest BCUT2D eigenvalue weighted by Crippen LogP contribution is -2.63. The van der Waals surface area contributed by atoms with E-state index in [1.807, 2.05) is 13.0 Å². The predicted octanol–water partition coefficient (Wildman–Crippen LogP) is 6.83. The molecule has 472 valence electrons. The number of hydrogen-bond acceptors (Lipinski definition) is 20. The SMILES string of the molecule is CCC(=O)CNc1cc(COC(=O)N(C)CCN(C)C(=O)SCCC(=O)N(C)[C@@H](C)C(=O)O[C@H]2CC(=O)N(C)c3cc(cc(OC)c3Cl)C/C(C)=C/C=C/[C@@H](OC)[C@@]3(O)C[C@H](OC(=O)N3)[C@@H](C)[C@@H]3O[C@@]23C)ccc1NC(=O)OC1/C=C/COCOC1. The van der Waals surface area contributed by atoms with Gasteiger partial charge in [-0.25, -0.2) is 19.2 Å². The molecule has 0 spiro atoms. The number of nitrogens with zero attached hydrogens (tertiary/aromatic N) is 4. The highest BCUT2D eigenvalue weighted by Crippen LogP contribution is 2.49. The zero-order chi connectivity index (χ0) is 63.0. The van der Waals surface area contributed by atoms with Crippen molar-refractivity contribution in [3.8, 4) is 5.75 Å². The van der Waals surface area contributed by atoms with Crippen LogP contribution in [0.2, 0.25) is 5.02 Å². The number of rotatable bonds is 19. The fraction of sp³-hybridized carbons (Fsp3) is 0.559. The number of halogens is 1. The number of ether oxygens (including phenoxy) is 9. The number of epoxide rings is 1. The molecular weight excluding hydrogens is 1160 g/mol. The second kappa shape index (κ2) is 31.1. The van der Waals surface area contributed by atoms with Gasteiger partial charge in [-0.3, -0.25) is 29.8 Å². The Balaban J connectivity index is 1.03. The van der Waals surface area contributed by atoms with Crippen LogP contribution < -0.4 is 25.6 Å². The van der Waals surface area contributed by atoms with Crippen LogP contribution in [0.3, 0.4) is 0 Å². The Morgan fingerprint density at radius 3 is 2.48 bits per heavy atom. The topological polar surface area (TPSA) is 292 Å². The molecule has 4 N–H and O–H groups in total. The lowest BCUT2D eigenvalue weighted by atomic mass is 9.83. The Kier molecular flexibility index (Phi) is 24.7. The van der Waals surface area contributed by atoms with Crippen molar-refractivity contribution in [1.82, 2.24) is 20.0 Å². The van der Waals surface area contributed by atoms with E-state index in [2.05, 4.69) is 16.0 Å². The van der Waals surface area contributed by atoms with Crippen LogP contribution in [0.1, 0.15) is 71.4 Å². The van der Waals surface area contributed by atoms with Crippen LogP contribution in [-0.4, -0.2) is 203 Å². The molecule has 4 bridgehead atoms. The number of carbonyl (C=O) groups is 8. The van der Waals surface area contributed by atoms with Crippen LogP contribution in [0.25, 0.3) is 0 Å². The number of allylic oxidation sites excluding steroid dienone is 3. The normalized spacial score (nSPS) is 25.7. The number of nitrogens with one attached hydrogen (secondary N) is 3. The van der Waals surface area contributed by atoms with Crippen molar-refractivity contribution in [2.45, 2.75) is 121 Å². The third-order valence-electron chi connectivity index (χ3n) is 15.3. The van der Waals surface area contributed by atoms with Crippen LogP contribution in [-0.2, 0) is 70.1 Å². The van der Waals surface area contributed by atoms with Crippen molar-refractivity contribution in [2.75, 3.05) is 103 Å². The Morgan fingerprint density at radius 1 is 1.01 bits per heavy atom. The molecule has 4 aliphatic rings. The maximum atomic E-state index is 14.4. The average Bonchev–Trinajstić information content (AvgIpc) is 1.62. The van der Waals surface area contributed by atoms with Gasteiger partial charge < -0.3 is 72.7 Å². The Hall–Kier alpha value is -6.94. The third-order valence-corrected chi connectivity index (χ3v) is 16.6. The molecule has 0 aliphatic carbocycles. The minimum Gasteiger partial charge on any atom is -0.495 e. The number of methoxy groups -OCH3 is 2. The molecule has 4 heterocycles. The van der Waals surface area contributed by atoms with Crippen molar-refractivity contribution >= 4 is 87.5 Å². The minimum absolute atomic E-state index is 0.0164. The summed E-state index contributed by atoms with van der Waals surface area (Å²) in [5.41, 5.74) is 0.00457. The molecule has 1 unspecified atom stereocenters. The second-order valence-corrected chi connectivity index (χ2v) is 23.1. The molecule has 2 fully saturated rings. The highest BCUT2D eigenvalue weighted by atomic mass is 35.5. The van der Waals surface area contributed by atoms with Crippen LogP contribution in [0.15, 0.2) is 66.3 Å². The molecule has 86 heavy (non-hydrogen) atoms. The molecule has 6 rings (SSSR count). The van der Waals surface area contributed by atoms with Gasteiger partial charge in [0.1, 0.15) is 60.2 Å². The Morgan fingerprint density at radius 2 is 1.76 bits per heavy atom. The highest BCUT2D eigenvalue weighted by molar-refractivity contribution is 8.13. The van der Waals surface area contributed by atoms with E-state index in [9.17, 15) is 43.5 Å². The molecule has 2 aromatic rings. The number of likely N-dealkylation sites (N-methyl/N-ethyl adjacent to an activating group) is 3. The van der Waals surface area contributed by atoms with Crippen molar-refractivity contribution in [3.05, 3.63) is 82.4 Å². The van der Waals surface area contributed by atoms with E-state index in [0.29, 0.717) is 47.8 Å². The van der Waals surface area contributed by atoms with Gasteiger partial charge in [0.25, 0.3) is 5.24 Å². The summed E-state index contributed by atoms with van der Waals surface area (Å²) in [5.74, 6) is -2.17. The standard InChI is InChI=1S/C59H80ClN7O18S/c1-12-40(68)31-61-43-26-38(18-19-42(43)62-54(72)82-41-16-14-23-79-34-80-33-41)32-81-56(74)64(6)21-22-65(7)57(75)86-24-20-49(69)66(8)37(4)53(71)84-48-29-50(70)67(9)44-27-39(28-45(77-10)51(44)60)25-35(2)15-13-17-47(78-11)59(76)30-46(83-55(73)63-59)36(3)52-58(48,5)85-52/h13-19,26-28,36-37,41,46-48,52,61,76H,12,20-25,29-34H2,1-11H3,(H,62,72)(H,63,73)/b16-14+,17-13+,35-15+/t36-,37+,41?,46+,47-,48+,52+,58+,59+/m1/s1. The zero-order valence-electron chi connectivity index (χ0n) is 50.5. The molecular formula is C59H80ClN7O18S. The number of benzene rings is 2. The van der Waals surface area contributed by atoms with Crippen molar-refractivity contribution in [2.24, 2.45) is 5.92 Å². The first kappa shape index (κ1) is 68.2. The van der Waals surface area contributed by atoms with Crippen LogP contribution in [0.5, 0.6) is 5.75 Å². The fourth-order valence-electron chi connectivity index (χ4n) is 9.68. The second-order valence-electron chi connectivity index (χ2n) is 21.6. The maximum absolute atomic E-state index is 14.4. The molecule has 2 saturated heterocycles. The van der Waals surface area contributed by atoms with Gasteiger partial charge in [0.2, 0.25) is 11.8 Å². The van der Waals surface area contributed by atoms with E-state index in [1.54, 1.807) is 82.5 Å². The highest BCUT2D eigenvalue weighted by Gasteiger charge is 2.64. The number of Topliss-reactive ketones (excluding diaryl/α,β-unsaturated/α-hetero) is 1. The number of amides is 6. The fourth-order valence-corrected chi connectivity index (χ4v) is 10.8. The van der Waals surface area contributed by atoms with Gasteiger partial charge in [-0.2, -0.15) is 0 Å². The Bertz CT molecular complexity index is 2890. The van der Waals surface area contributed by atoms with E-state index in [-0.39, 0.29) is 74.3 Å². The van der Waals surface area contributed by atoms with Gasteiger partial charge in [0, 0.05) is 79.3 Å². The van der Waals surface area contributed by atoms with Crippen LogP contribution >= 0.6 is 23.4 Å². The number of ketones is 1.